The minimum atomic E-state index is 0.698. The van der Waals surface area contributed by atoms with Gasteiger partial charge in [0.15, 0.2) is 5.82 Å². The van der Waals surface area contributed by atoms with Gasteiger partial charge in [-0.15, -0.1) is 0 Å². The number of ether oxygens (including phenoxy) is 1. The summed E-state index contributed by atoms with van der Waals surface area (Å²) in [5.74, 6) is 0.767. The fourth-order valence-corrected chi connectivity index (χ4v) is 1.16. The number of nitrogens with one attached hydrogen (secondary N) is 1. The lowest BCUT2D eigenvalue weighted by Crippen LogP contribution is -2.06. The molecule has 5 nitrogen and oxygen atoms in total. The fourth-order valence-electron chi connectivity index (χ4n) is 1.16. The molecule has 0 saturated heterocycles. The number of aromatic nitrogens is 2. The molecule has 0 fully saturated rings. The molecule has 0 saturated carbocycles. The Bertz CT molecular complexity index is 272. The summed E-state index contributed by atoms with van der Waals surface area (Å²) in [4.78, 5) is 0. The minimum absolute atomic E-state index is 0.698. The summed E-state index contributed by atoms with van der Waals surface area (Å²) in [6.07, 6.45) is 2.79. The molecule has 0 spiro atoms. The highest BCUT2D eigenvalue weighted by Gasteiger charge is 2.03. The third-order valence-electron chi connectivity index (χ3n) is 1.93. The maximum absolute atomic E-state index is 5.75. The molecule has 0 aliphatic rings. The SMILES string of the molecule is CCn1cc(N)c(NCCCOC)n1. The van der Waals surface area contributed by atoms with Crippen LogP contribution in [0.1, 0.15) is 13.3 Å². The molecule has 5 heteroatoms. The van der Waals surface area contributed by atoms with Crippen molar-refractivity contribution in [3.8, 4) is 0 Å². The lowest BCUT2D eigenvalue weighted by Gasteiger charge is -2.02. The molecule has 0 aliphatic heterocycles. The third kappa shape index (κ3) is 2.92. The normalized spacial score (nSPS) is 10.4. The van der Waals surface area contributed by atoms with Crippen molar-refractivity contribution in [3.05, 3.63) is 6.20 Å². The van der Waals surface area contributed by atoms with Gasteiger partial charge in [-0.3, -0.25) is 4.68 Å². The van der Waals surface area contributed by atoms with E-state index in [1.807, 2.05) is 17.8 Å². The second-order valence-corrected chi connectivity index (χ2v) is 3.06. The number of aryl methyl sites for hydroxylation is 1. The number of nitrogens with zero attached hydrogens (tertiary/aromatic N) is 2. The van der Waals surface area contributed by atoms with Crippen LogP contribution in [-0.2, 0) is 11.3 Å². The lowest BCUT2D eigenvalue weighted by atomic mass is 10.4. The standard InChI is InChI=1S/C9H18N4O/c1-3-13-7-8(10)9(12-13)11-5-4-6-14-2/h7H,3-6,10H2,1-2H3,(H,11,12). The van der Waals surface area contributed by atoms with Crippen LogP contribution in [0.25, 0.3) is 0 Å². The smallest absolute Gasteiger partial charge is 0.171 e. The van der Waals surface area contributed by atoms with Crippen LogP contribution in [0.15, 0.2) is 6.20 Å². The molecule has 1 heterocycles. The van der Waals surface area contributed by atoms with E-state index < -0.39 is 0 Å². The highest BCUT2D eigenvalue weighted by Crippen LogP contribution is 2.14. The first-order chi connectivity index (χ1) is 6.77. The highest BCUT2D eigenvalue weighted by atomic mass is 16.5. The molecule has 1 rings (SSSR count). The molecule has 0 unspecified atom stereocenters. The zero-order chi connectivity index (χ0) is 10.4. The molecule has 80 valence electrons. The minimum Gasteiger partial charge on any atom is -0.394 e. The Morgan fingerprint density at radius 2 is 2.43 bits per heavy atom. The van der Waals surface area contributed by atoms with E-state index in [0.29, 0.717) is 5.69 Å². The quantitative estimate of drug-likeness (QED) is 0.667. The first-order valence-corrected chi connectivity index (χ1v) is 4.83. The topological polar surface area (TPSA) is 65.1 Å². The van der Waals surface area contributed by atoms with Crippen molar-refractivity contribution in [2.45, 2.75) is 19.9 Å². The van der Waals surface area contributed by atoms with Crippen LogP contribution in [0.5, 0.6) is 0 Å². The lowest BCUT2D eigenvalue weighted by molar-refractivity contribution is 0.197. The Labute approximate surface area is 84.2 Å². The zero-order valence-corrected chi connectivity index (χ0v) is 8.79. The monoisotopic (exact) mass is 198 g/mol. The van der Waals surface area contributed by atoms with Gasteiger partial charge in [0.1, 0.15) is 0 Å². The average molecular weight is 198 g/mol. The number of hydrogen-bond acceptors (Lipinski definition) is 4. The van der Waals surface area contributed by atoms with Crippen molar-refractivity contribution in [1.29, 1.82) is 0 Å². The van der Waals surface area contributed by atoms with Crippen molar-refractivity contribution in [1.82, 2.24) is 9.78 Å². The van der Waals surface area contributed by atoms with Crippen molar-refractivity contribution in [3.63, 3.8) is 0 Å². The summed E-state index contributed by atoms with van der Waals surface area (Å²) in [5, 5.41) is 7.43. The molecule has 0 radical (unpaired) electrons. The van der Waals surface area contributed by atoms with Crippen LogP contribution < -0.4 is 11.1 Å². The van der Waals surface area contributed by atoms with Crippen LogP contribution >= 0.6 is 0 Å². The van der Waals surface area contributed by atoms with Crippen molar-refractivity contribution in [2.75, 3.05) is 31.3 Å². The first-order valence-electron chi connectivity index (χ1n) is 4.83. The number of anilines is 2. The van der Waals surface area contributed by atoms with E-state index in [0.717, 1.165) is 31.9 Å². The van der Waals surface area contributed by atoms with Crippen LogP contribution in [-0.4, -0.2) is 30.0 Å². The van der Waals surface area contributed by atoms with Crippen LogP contribution in [0.3, 0.4) is 0 Å². The molecule has 0 aromatic carbocycles. The van der Waals surface area contributed by atoms with Gasteiger partial charge in [0.25, 0.3) is 0 Å². The molecule has 0 amide bonds. The maximum atomic E-state index is 5.75. The number of nitrogen functional groups attached to an aromatic ring is 1. The van der Waals surface area contributed by atoms with Gasteiger partial charge < -0.3 is 15.8 Å². The third-order valence-corrected chi connectivity index (χ3v) is 1.93. The molecule has 1 aromatic heterocycles. The predicted octanol–water partition coefficient (Wildman–Crippen LogP) is 0.934. The van der Waals surface area contributed by atoms with Crippen molar-refractivity contribution >= 4 is 11.5 Å². The van der Waals surface area contributed by atoms with Crippen LogP contribution in [0.2, 0.25) is 0 Å². The van der Waals surface area contributed by atoms with Crippen molar-refractivity contribution < 1.29 is 4.74 Å². The summed E-state index contributed by atoms with van der Waals surface area (Å²) in [7, 11) is 1.69. The Hall–Kier alpha value is -1.23. The van der Waals surface area contributed by atoms with E-state index in [1.54, 1.807) is 7.11 Å². The number of nitrogens with two attached hydrogens (primary N) is 1. The van der Waals surface area contributed by atoms with E-state index in [-0.39, 0.29) is 0 Å². The summed E-state index contributed by atoms with van der Waals surface area (Å²) in [5.41, 5.74) is 6.45. The van der Waals surface area contributed by atoms with Gasteiger partial charge in [0.2, 0.25) is 0 Å². The second-order valence-electron chi connectivity index (χ2n) is 3.06. The van der Waals surface area contributed by atoms with Gasteiger partial charge in [-0.25, -0.2) is 0 Å². The van der Waals surface area contributed by atoms with E-state index >= 15 is 0 Å². The maximum Gasteiger partial charge on any atom is 0.171 e. The number of rotatable bonds is 6. The number of hydrogen-bond donors (Lipinski definition) is 2. The Kier molecular flexibility index (Phi) is 4.25. The van der Waals surface area contributed by atoms with Crippen LogP contribution in [0, 0.1) is 0 Å². The first kappa shape index (κ1) is 10.8. The molecule has 1 aromatic rings. The van der Waals surface area contributed by atoms with Crippen molar-refractivity contribution in [2.24, 2.45) is 0 Å². The van der Waals surface area contributed by atoms with Gasteiger partial charge in [0, 0.05) is 26.8 Å². The van der Waals surface area contributed by atoms with Gasteiger partial charge in [0.05, 0.1) is 11.9 Å². The van der Waals surface area contributed by atoms with E-state index in [4.69, 9.17) is 10.5 Å². The molecular weight excluding hydrogens is 180 g/mol. The van der Waals surface area contributed by atoms with E-state index in [9.17, 15) is 0 Å². The molecule has 14 heavy (non-hydrogen) atoms. The summed E-state index contributed by atoms with van der Waals surface area (Å²) >= 11 is 0. The Morgan fingerprint density at radius 1 is 1.64 bits per heavy atom. The molecule has 3 N–H and O–H groups in total. The summed E-state index contributed by atoms with van der Waals surface area (Å²) in [6, 6.07) is 0. The molecule has 0 atom stereocenters. The molecule has 0 aliphatic carbocycles. The zero-order valence-electron chi connectivity index (χ0n) is 8.79. The average Bonchev–Trinajstić information content (AvgIpc) is 2.54. The fraction of sp³-hybridized carbons (Fsp3) is 0.667. The Balaban J connectivity index is 2.38. The van der Waals surface area contributed by atoms with Gasteiger partial charge >= 0.3 is 0 Å². The molecular formula is C9H18N4O. The van der Waals surface area contributed by atoms with Gasteiger partial charge in [-0.2, -0.15) is 5.10 Å². The predicted molar refractivity (Wildman–Crippen MR) is 57.3 cm³/mol. The molecule has 0 bridgehead atoms. The Morgan fingerprint density at radius 3 is 3.00 bits per heavy atom. The van der Waals surface area contributed by atoms with Gasteiger partial charge in [-0.1, -0.05) is 0 Å². The number of methoxy groups -OCH3 is 1. The summed E-state index contributed by atoms with van der Waals surface area (Å²) in [6.45, 7) is 4.45. The van der Waals surface area contributed by atoms with E-state index in [2.05, 4.69) is 10.4 Å². The van der Waals surface area contributed by atoms with Crippen LogP contribution in [0.4, 0.5) is 11.5 Å². The second kappa shape index (κ2) is 5.49. The summed E-state index contributed by atoms with van der Waals surface area (Å²) < 4.78 is 6.75. The largest absolute Gasteiger partial charge is 0.394 e. The van der Waals surface area contributed by atoms with Gasteiger partial charge in [-0.05, 0) is 13.3 Å². The van der Waals surface area contributed by atoms with E-state index in [1.165, 1.54) is 0 Å². The highest BCUT2D eigenvalue weighted by molar-refractivity contribution is 5.59.